The van der Waals surface area contributed by atoms with Crippen molar-refractivity contribution in [1.29, 1.82) is 0 Å². The van der Waals surface area contributed by atoms with E-state index < -0.39 is 10.7 Å². The first-order valence-electron chi connectivity index (χ1n) is 10.8. The van der Waals surface area contributed by atoms with Gasteiger partial charge >= 0.3 is 5.97 Å². The molecule has 0 saturated carbocycles. The van der Waals surface area contributed by atoms with Gasteiger partial charge in [-0.15, -0.1) is 35.1 Å². The molecule has 0 aliphatic heterocycles. The maximum absolute atomic E-state index is 11.4. The van der Waals surface area contributed by atoms with E-state index in [0.717, 1.165) is 32.6 Å². The highest BCUT2D eigenvalue weighted by molar-refractivity contribution is 8.03. The van der Waals surface area contributed by atoms with E-state index in [1.807, 2.05) is 52.4 Å². The van der Waals surface area contributed by atoms with Crippen LogP contribution in [0.25, 0.3) is 5.00 Å². The molecule has 0 aliphatic carbocycles. The lowest BCUT2D eigenvalue weighted by Crippen LogP contribution is -2.27. The molecule has 0 atom stereocenters. The zero-order chi connectivity index (χ0) is 24.1. The summed E-state index contributed by atoms with van der Waals surface area (Å²) < 4.78 is 1.72. The molecule has 0 spiro atoms. The second-order valence-corrected chi connectivity index (χ2v) is 11.8. The molecule has 0 fully saturated rings. The van der Waals surface area contributed by atoms with Crippen LogP contribution in [0.2, 0.25) is 0 Å². The molecule has 0 aliphatic rings. The molecule has 4 aromatic heterocycles. The number of halogens is 1. The number of carbonyl (C=O) groups is 1. The fourth-order valence-electron chi connectivity index (χ4n) is 3.09. The van der Waals surface area contributed by atoms with Crippen molar-refractivity contribution in [3.8, 4) is 5.00 Å². The molecule has 0 saturated heterocycles. The minimum absolute atomic E-state index is 0. The first kappa shape index (κ1) is 27.1. The van der Waals surface area contributed by atoms with Gasteiger partial charge in [0, 0.05) is 49.0 Å². The van der Waals surface area contributed by atoms with Gasteiger partial charge < -0.3 is 10.0 Å². The third-order valence-corrected chi connectivity index (χ3v) is 8.18. The Hall–Kier alpha value is -2.47. The Balaban J connectivity index is 0.00000342. The molecular formula is C23H27ClN6O2S3. The lowest BCUT2D eigenvalue weighted by molar-refractivity contribution is -0.138. The van der Waals surface area contributed by atoms with Crippen molar-refractivity contribution in [1.82, 2.24) is 24.7 Å². The summed E-state index contributed by atoms with van der Waals surface area (Å²) in [4.78, 5) is 27.4. The van der Waals surface area contributed by atoms with E-state index in [1.165, 1.54) is 23.1 Å². The SMILES string of the molecule is CCc1cnc(N(CCc2csc(SC(C)(C)C(=O)O)n2)Cc2cnn(-c3cccs3)c2)nc1.Cl. The van der Waals surface area contributed by atoms with Crippen LogP contribution < -0.4 is 4.90 Å². The molecule has 0 amide bonds. The van der Waals surface area contributed by atoms with Crippen molar-refractivity contribution >= 4 is 58.8 Å². The molecule has 4 heterocycles. The van der Waals surface area contributed by atoms with Crippen molar-refractivity contribution in [2.45, 2.75) is 49.2 Å². The summed E-state index contributed by atoms with van der Waals surface area (Å²) in [6.07, 6.45) is 9.23. The molecule has 35 heavy (non-hydrogen) atoms. The number of carboxylic acids is 1. The Morgan fingerprint density at radius 3 is 2.63 bits per heavy atom. The van der Waals surface area contributed by atoms with E-state index >= 15 is 0 Å². The van der Waals surface area contributed by atoms with E-state index in [2.05, 4.69) is 31.9 Å². The summed E-state index contributed by atoms with van der Waals surface area (Å²) in [6, 6.07) is 4.05. The van der Waals surface area contributed by atoms with Crippen LogP contribution in [0.4, 0.5) is 5.95 Å². The number of aliphatic carboxylic acids is 1. The summed E-state index contributed by atoms with van der Waals surface area (Å²) in [5, 5.41) is 19.0. The van der Waals surface area contributed by atoms with Crippen LogP contribution in [0.5, 0.6) is 0 Å². The maximum atomic E-state index is 11.4. The van der Waals surface area contributed by atoms with Crippen LogP contribution in [0.15, 0.2) is 52.0 Å². The van der Waals surface area contributed by atoms with E-state index in [4.69, 9.17) is 0 Å². The second kappa shape index (κ2) is 12.0. The van der Waals surface area contributed by atoms with Crippen LogP contribution in [0, 0.1) is 0 Å². The van der Waals surface area contributed by atoms with Gasteiger partial charge in [0.1, 0.15) is 9.75 Å². The van der Waals surface area contributed by atoms with Crippen molar-refractivity contribution in [3.63, 3.8) is 0 Å². The average Bonchev–Trinajstić information content (AvgIpc) is 3.58. The van der Waals surface area contributed by atoms with Gasteiger partial charge in [-0.05, 0) is 43.3 Å². The molecule has 4 rings (SSSR count). The molecule has 0 aromatic carbocycles. The molecule has 0 bridgehead atoms. The number of rotatable bonds is 11. The predicted octanol–water partition coefficient (Wildman–Crippen LogP) is 5.37. The fourth-order valence-corrected chi connectivity index (χ4v) is 5.98. The molecule has 8 nitrogen and oxygen atoms in total. The number of aromatic nitrogens is 5. The van der Waals surface area contributed by atoms with Crippen molar-refractivity contribution < 1.29 is 9.90 Å². The third-order valence-electron chi connectivity index (χ3n) is 5.15. The van der Waals surface area contributed by atoms with Gasteiger partial charge in [0.05, 0.1) is 11.9 Å². The summed E-state index contributed by atoms with van der Waals surface area (Å²) in [6.45, 7) is 6.76. The monoisotopic (exact) mass is 550 g/mol. The van der Waals surface area contributed by atoms with Crippen LogP contribution in [0.3, 0.4) is 0 Å². The van der Waals surface area contributed by atoms with Crippen molar-refractivity contribution in [2.75, 3.05) is 11.4 Å². The van der Waals surface area contributed by atoms with Gasteiger partial charge in [-0.3, -0.25) is 4.79 Å². The number of anilines is 1. The smallest absolute Gasteiger partial charge is 0.319 e. The van der Waals surface area contributed by atoms with Gasteiger partial charge in [0.15, 0.2) is 4.34 Å². The van der Waals surface area contributed by atoms with Gasteiger partial charge in [-0.2, -0.15) is 5.10 Å². The Morgan fingerprint density at radius 1 is 1.20 bits per heavy atom. The number of hydrogen-bond acceptors (Lipinski definition) is 9. The molecule has 12 heteroatoms. The standard InChI is InChI=1S/C23H26N6O2S3.ClH/c1-4-16-10-24-21(25-11-16)28(13-17-12-26-29(14-17)19-6-5-9-32-19)8-7-18-15-33-22(27-18)34-23(2,3)20(30)31;/h5-6,9-12,14-15H,4,7-8,13H2,1-3H3,(H,30,31);1H. The summed E-state index contributed by atoms with van der Waals surface area (Å²) >= 11 is 4.39. The van der Waals surface area contributed by atoms with Crippen molar-refractivity contribution in [2.24, 2.45) is 0 Å². The molecule has 1 N–H and O–H groups in total. The Morgan fingerprint density at radius 2 is 1.97 bits per heavy atom. The van der Waals surface area contributed by atoms with Crippen molar-refractivity contribution in [3.05, 3.63) is 64.5 Å². The van der Waals surface area contributed by atoms with E-state index in [0.29, 0.717) is 25.5 Å². The van der Waals surface area contributed by atoms with Crippen LogP contribution in [-0.4, -0.2) is 47.1 Å². The minimum atomic E-state index is -0.918. The van der Waals surface area contributed by atoms with Gasteiger partial charge in [-0.25, -0.2) is 19.6 Å². The van der Waals surface area contributed by atoms with E-state index in [9.17, 15) is 9.90 Å². The fraction of sp³-hybridized carbons (Fsp3) is 0.348. The number of thioether (sulfide) groups is 1. The normalized spacial score (nSPS) is 11.3. The zero-order valence-corrected chi connectivity index (χ0v) is 22.9. The summed E-state index contributed by atoms with van der Waals surface area (Å²) in [5.41, 5.74) is 3.09. The van der Waals surface area contributed by atoms with Crippen LogP contribution >= 0.6 is 46.8 Å². The zero-order valence-electron chi connectivity index (χ0n) is 19.6. The topological polar surface area (TPSA) is 97.0 Å². The lowest BCUT2D eigenvalue weighted by atomic mass is 10.2. The number of hydrogen-bond donors (Lipinski definition) is 1. The highest BCUT2D eigenvalue weighted by Crippen LogP contribution is 2.34. The first-order chi connectivity index (χ1) is 16.3. The number of thiophene rings is 1. The molecule has 0 radical (unpaired) electrons. The maximum Gasteiger partial charge on any atom is 0.319 e. The summed E-state index contributed by atoms with van der Waals surface area (Å²) in [7, 11) is 0. The minimum Gasteiger partial charge on any atom is -0.480 e. The highest BCUT2D eigenvalue weighted by Gasteiger charge is 2.29. The average molecular weight is 551 g/mol. The number of nitrogens with zero attached hydrogens (tertiary/aromatic N) is 6. The van der Waals surface area contributed by atoms with Crippen LogP contribution in [-0.2, 0) is 24.2 Å². The van der Waals surface area contributed by atoms with Gasteiger partial charge in [0.25, 0.3) is 0 Å². The number of aryl methyl sites for hydroxylation is 1. The quantitative estimate of drug-likeness (QED) is 0.249. The summed E-state index contributed by atoms with van der Waals surface area (Å²) in [5.74, 6) is -0.186. The lowest BCUT2D eigenvalue weighted by Gasteiger charge is -2.21. The van der Waals surface area contributed by atoms with Gasteiger partial charge in [-0.1, -0.05) is 18.7 Å². The third kappa shape index (κ3) is 7.03. The van der Waals surface area contributed by atoms with E-state index in [1.54, 1.807) is 25.2 Å². The number of carboxylic acid groups (broad SMARTS) is 1. The Kier molecular flexibility index (Phi) is 9.28. The van der Waals surface area contributed by atoms with E-state index in [-0.39, 0.29) is 12.4 Å². The Bertz CT molecular complexity index is 1220. The number of thiazole rings is 1. The largest absolute Gasteiger partial charge is 0.480 e. The van der Waals surface area contributed by atoms with Crippen LogP contribution in [0.1, 0.15) is 37.6 Å². The second-order valence-electron chi connectivity index (χ2n) is 8.18. The predicted molar refractivity (Wildman–Crippen MR) is 145 cm³/mol. The molecule has 0 unspecified atom stereocenters. The Labute approximate surface area is 222 Å². The molecular weight excluding hydrogens is 524 g/mol. The van der Waals surface area contributed by atoms with Gasteiger partial charge in [0.2, 0.25) is 5.95 Å². The molecule has 186 valence electrons. The first-order valence-corrected chi connectivity index (χ1v) is 13.4. The highest BCUT2D eigenvalue weighted by atomic mass is 35.5. The molecule has 4 aromatic rings.